The molecular formula is C19H19F2NO2S. The number of halogens is 2. The van der Waals surface area contributed by atoms with E-state index >= 15 is 0 Å². The molecule has 3 rings (SSSR count). The second-order valence-corrected chi connectivity index (χ2v) is 7.41. The van der Waals surface area contributed by atoms with Crippen molar-refractivity contribution in [3.63, 3.8) is 0 Å². The smallest absolute Gasteiger partial charge is 0.387 e. The van der Waals surface area contributed by atoms with Crippen LogP contribution in [-0.2, 0) is 11.2 Å². The van der Waals surface area contributed by atoms with Gasteiger partial charge in [-0.1, -0.05) is 31.2 Å². The number of carbonyl (C=O) groups excluding carboxylic acids is 1. The van der Waals surface area contributed by atoms with E-state index in [-0.39, 0.29) is 18.1 Å². The number of hydrogen-bond donors (Lipinski definition) is 0. The summed E-state index contributed by atoms with van der Waals surface area (Å²) in [4.78, 5) is 15.8. The quantitative estimate of drug-likeness (QED) is 0.785. The van der Waals surface area contributed by atoms with E-state index in [2.05, 4.69) is 11.7 Å². The molecule has 3 nitrogen and oxygen atoms in total. The average molecular weight is 363 g/mol. The minimum atomic E-state index is -2.85. The molecule has 132 valence electrons. The Morgan fingerprint density at radius 1 is 1.24 bits per heavy atom. The van der Waals surface area contributed by atoms with Gasteiger partial charge in [-0.2, -0.15) is 8.78 Å². The minimum absolute atomic E-state index is 0.00433. The van der Waals surface area contributed by atoms with Gasteiger partial charge in [-0.05, 0) is 36.2 Å². The molecule has 0 N–H and O–H groups in total. The van der Waals surface area contributed by atoms with Gasteiger partial charge >= 0.3 is 6.61 Å². The fourth-order valence-electron chi connectivity index (χ4n) is 2.80. The van der Waals surface area contributed by atoms with Gasteiger partial charge in [0.1, 0.15) is 5.75 Å². The van der Waals surface area contributed by atoms with Gasteiger partial charge in [-0.3, -0.25) is 4.79 Å². The molecule has 1 aliphatic rings. The van der Waals surface area contributed by atoms with Crippen LogP contribution in [0.5, 0.6) is 5.75 Å². The lowest BCUT2D eigenvalue weighted by atomic mass is 10.1. The first-order valence-electron chi connectivity index (χ1n) is 8.13. The van der Waals surface area contributed by atoms with E-state index in [0.29, 0.717) is 11.8 Å². The minimum Gasteiger partial charge on any atom is -0.435 e. The van der Waals surface area contributed by atoms with Crippen LogP contribution in [0.25, 0.3) is 0 Å². The highest BCUT2D eigenvalue weighted by molar-refractivity contribution is 8.00. The highest BCUT2D eigenvalue weighted by Crippen LogP contribution is 2.37. The zero-order valence-electron chi connectivity index (χ0n) is 13.8. The molecule has 0 aliphatic carbocycles. The van der Waals surface area contributed by atoms with Crippen molar-refractivity contribution in [3.05, 3.63) is 54.1 Å². The average Bonchev–Trinajstić information content (AvgIpc) is 2.74. The van der Waals surface area contributed by atoms with Crippen LogP contribution in [0.2, 0.25) is 0 Å². The molecule has 0 radical (unpaired) electrons. The SMILES string of the molecule is CC1CCN(C(=O)Cc2ccc(OC(F)F)cc2)c2ccccc2S1. The van der Waals surface area contributed by atoms with Gasteiger partial charge in [0.25, 0.3) is 0 Å². The number of amides is 1. The van der Waals surface area contributed by atoms with Gasteiger partial charge in [0.05, 0.1) is 12.1 Å². The number of fused-ring (bicyclic) bond motifs is 1. The molecule has 0 aromatic heterocycles. The predicted octanol–water partition coefficient (Wildman–Crippen LogP) is 4.75. The monoisotopic (exact) mass is 363 g/mol. The summed E-state index contributed by atoms with van der Waals surface area (Å²) in [6, 6.07) is 14.1. The topological polar surface area (TPSA) is 29.5 Å². The zero-order valence-corrected chi connectivity index (χ0v) is 14.6. The summed E-state index contributed by atoms with van der Waals surface area (Å²) in [6.07, 6.45) is 1.15. The molecule has 0 saturated heterocycles. The van der Waals surface area contributed by atoms with E-state index < -0.39 is 6.61 Å². The molecule has 0 fully saturated rings. The van der Waals surface area contributed by atoms with Crippen molar-refractivity contribution in [2.75, 3.05) is 11.4 Å². The number of carbonyl (C=O) groups is 1. The third kappa shape index (κ3) is 4.51. The van der Waals surface area contributed by atoms with Crippen molar-refractivity contribution in [1.82, 2.24) is 0 Å². The Morgan fingerprint density at radius 3 is 2.68 bits per heavy atom. The molecule has 2 aromatic carbocycles. The number of para-hydroxylation sites is 1. The van der Waals surface area contributed by atoms with E-state index in [9.17, 15) is 13.6 Å². The Labute approximate surface area is 150 Å². The molecule has 2 aromatic rings. The summed E-state index contributed by atoms with van der Waals surface area (Å²) in [5, 5.41) is 0.449. The first kappa shape index (κ1) is 17.7. The second kappa shape index (κ2) is 7.87. The summed E-state index contributed by atoms with van der Waals surface area (Å²) in [7, 11) is 0. The van der Waals surface area contributed by atoms with Gasteiger partial charge in [0.2, 0.25) is 5.91 Å². The molecular weight excluding hydrogens is 344 g/mol. The van der Waals surface area contributed by atoms with Crippen LogP contribution < -0.4 is 9.64 Å². The van der Waals surface area contributed by atoms with Crippen LogP contribution in [0.1, 0.15) is 18.9 Å². The number of nitrogens with zero attached hydrogens (tertiary/aromatic N) is 1. The van der Waals surface area contributed by atoms with Crippen LogP contribution in [0.4, 0.5) is 14.5 Å². The van der Waals surface area contributed by atoms with Crippen LogP contribution in [0.15, 0.2) is 53.4 Å². The van der Waals surface area contributed by atoms with Crippen molar-refractivity contribution in [2.24, 2.45) is 0 Å². The number of anilines is 1. The molecule has 1 unspecified atom stereocenters. The summed E-state index contributed by atoms with van der Waals surface area (Å²) in [5.74, 6) is 0.0984. The Hall–Kier alpha value is -2.08. The summed E-state index contributed by atoms with van der Waals surface area (Å²) in [5.41, 5.74) is 1.72. The van der Waals surface area contributed by atoms with E-state index in [1.165, 1.54) is 12.1 Å². The van der Waals surface area contributed by atoms with Crippen LogP contribution >= 0.6 is 11.8 Å². The number of ether oxygens (including phenoxy) is 1. The van der Waals surface area contributed by atoms with E-state index in [0.717, 1.165) is 22.6 Å². The highest BCUT2D eigenvalue weighted by atomic mass is 32.2. The number of thioether (sulfide) groups is 1. The Kier molecular flexibility index (Phi) is 5.58. The molecule has 25 heavy (non-hydrogen) atoms. The van der Waals surface area contributed by atoms with Crippen molar-refractivity contribution in [3.8, 4) is 5.75 Å². The molecule has 0 spiro atoms. The maximum absolute atomic E-state index is 12.8. The highest BCUT2D eigenvalue weighted by Gasteiger charge is 2.24. The summed E-state index contributed by atoms with van der Waals surface area (Å²) in [6.45, 7) is -0.00567. The Bertz CT molecular complexity index is 736. The summed E-state index contributed by atoms with van der Waals surface area (Å²) < 4.78 is 28.7. The first-order chi connectivity index (χ1) is 12.0. The largest absolute Gasteiger partial charge is 0.435 e. The third-order valence-electron chi connectivity index (χ3n) is 4.05. The van der Waals surface area contributed by atoms with Crippen molar-refractivity contribution in [2.45, 2.75) is 36.5 Å². The van der Waals surface area contributed by atoms with Gasteiger partial charge in [0, 0.05) is 16.7 Å². The number of hydrogen-bond acceptors (Lipinski definition) is 3. The fraction of sp³-hybridized carbons (Fsp3) is 0.316. The predicted molar refractivity (Wildman–Crippen MR) is 95.5 cm³/mol. The van der Waals surface area contributed by atoms with Gasteiger partial charge in [-0.15, -0.1) is 11.8 Å². The molecule has 0 saturated carbocycles. The van der Waals surface area contributed by atoms with Gasteiger partial charge < -0.3 is 9.64 Å². The van der Waals surface area contributed by atoms with E-state index in [1.54, 1.807) is 23.9 Å². The summed E-state index contributed by atoms with van der Waals surface area (Å²) >= 11 is 1.79. The van der Waals surface area contributed by atoms with Crippen molar-refractivity contribution < 1.29 is 18.3 Å². The molecule has 1 atom stereocenters. The van der Waals surface area contributed by atoms with Crippen LogP contribution in [0.3, 0.4) is 0 Å². The molecule has 1 amide bonds. The van der Waals surface area contributed by atoms with Gasteiger partial charge in [-0.25, -0.2) is 0 Å². The molecule has 6 heteroatoms. The van der Waals surface area contributed by atoms with Crippen molar-refractivity contribution >= 4 is 23.4 Å². The first-order valence-corrected chi connectivity index (χ1v) is 9.00. The number of benzene rings is 2. The van der Waals surface area contributed by atoms with E-state index in [1.807, 2.05) is 29.2 Å². The van der Waals surface area contributed by atoms with E-state index in [4.69, 9.17) is 0 Å². The third-order valence-corrected chi connectivity index (χ3v) is 5.29. The lowest BCUT2D eigenvalue weighted by Crippen LogP contribution is -2.33. The van der Waals surface area contributed by atoms with Gasteiger partial charge in [0.15, 0.2) is 0 Å². The normalized spacial score (nSPS) is 17.1. The van der Waals surface area contributed by atoms with Crippen LogP contribution in [-0.4, -0.2) is 24.3 Å². The Morgan fingerprint density at radius 2 is 1.96 bits per heavy atom. The lowest BCUT2D eigenvalue weighted by molar-refractivity contribution is -0.118. The second-order valence-electron chi connectivity index (χ2n) is 5.93. The molecule has 1 heterocycles. The van der Waals surface area contributed by atoms with Crippen molar-refractivity contribution in [1.29, 1.82) is 0 Å². The number of rotatable bonds is 4. The standard InChI is InChI=1S/C19H19F2NO2S/c1-13-10-11-22(16-4-2-3-5-17(16)25-13)18(23)12-14-6-8-15(9-7-14)24-19(20)21/h2-9,13,19H,10-12H2,1H3. The zero-order chi connectivity index (χ0) is 17.8. The molecule has 0 bridgehead atoms. The maximum atomic E-state index is 12.8. The van der Waals surface area contributed by atoms with Crippen LogP contribution in [0, 0.1) is 0 Å². The molecule has 1 aliphatic heterocycles. The number of alkyl halides is 2. The lowest BCUT2D eigenvalue weighted by Gasteiger charge is -2.22. The fourth-order valence-corrected chi connectivity index (χ4v) is 3.92. The Balaban J connectivity index is 1.74. The maximum Gasteiger partial charge on any atom is 0.387 e.